The van der Waals surface area contributed by atoms with Crippen molar-refractivity contribution in [3.8, 4) is 11.8 Å². The molecule has 2 rings (SSSR count). The zero-order valence-electron chi connectivity index (χ0n) is 11.6. The van der Waals surface area contributed by atoms with Crippen molar-refractivity contribution in [2.45, 2.75) is 16.7 Å². The number of aryl methyl sites for hydroxylation is 1. The van der Waals surface area contributed by atoms with Crippen molar-refractivity contribution in [1.29, 1.82) is 5.26 Å². The number of hydrogen-bond acceptors (Lipinski definition) is 4. The minimum Gasteiger partial charge on any atom is -0.497 e. The van der Waals surface area contributed by atoms with Crippen LogP contribution in [0, 0.1) is 18.3 Å². The molecule has 0 unspecified atom stereocenters. The Morgan fingerprint density at radius 2 is 2.05 bits per heavy atom. The van der Waals surface area contributed by atoms with Gasteiger partial charge in [0.15, 0.2) is 0 Å². The molecule has 0 saturated heterocycles. The number of ether oxygens (including phenoxy) is 1. The molecule has 21 heavy (non-hydrogen) atoms. The molecule has 0 aliphatic rings. The van der Waals surface area contributed by atoms with Crippen molar-refractivity contribution in [2.75, 3.05) is 7.11 Å². The lowest BCUT2D eigenvalue weighted by atomic mass is 10.1. The molecule has 0 aromatic heterocycles. The van der Waals surface area contributed by atoms with Crippen LogP contribution in [0.3, 0.4) is 0 Å². The van der Waals surface area contributed by atoms with E-state index in [0.717, 1.165) is 9.79 Å². The van der Waals surface area contributed by atoms with Crippen LogP contribution in [0.1, 0.15) is 21.5 Å². The van der Waals surface area contributed by atoms with Crippen molar-refractivity contribution in [1.82, 2.24) is 0 Å². The predicted molar refractivity (Wildman–Crippen MR) is 80.0 cm³/mol. The third-order valence-electron chi connectivity index (χ3n) is 2.98. The highest BCUT2D eigenvalue weighted by molar-refractivity contribution is 7.99. The zero-order valence-corrected chi connectivity index (χ0v) is 12.4. The van der Waals surface area contributed by atoms with Gasteiger partial charge in [-0.2, -0.15) is 5.26 Å². The number of carbonyl (C=O) groups is 1. The predicted octanol–water partition coefficient (Wildman–Crippen LogP) is 3.72. The minimum absolute atomic E-state index is 0.265. The number of hydrogen-bond donors (Lipinski definition) is 1. The average molecular weight is 299 g/mol. The van der Waals surface area contributed by atoms with E-state index < -0.39 is 5.97 Å². The van der Waals surface area contributed by atoms with Gasteiger partial charge in [0.2, 0.25) is 0 Å². The van der Waals surface area contributed by atoms with Crippen molar-refractivity contribution in [3.05, 3.63) is 53.1 Å². The standard InChI is InChI=1S/C16H13NO3S/c1-10-3-6-13(8-14(10)16(18)19)21-15-7-12(20-2)5-4-11(15)9-17/h3-8H,1-2H3,(H,18,19). The molecule has 5 heteroatoms. The maximum absolute atomic E-state index is 11.2. The molecule has 0 amide bonds. The molecule has 4 nitrogen and oxygen atoms in total. The summed E-state index contributed by atoms with van der Waals surface area (Å²) in [4.78, 5) is 12.7. The molecule has 0 aliphatic heterocycles. The summed E-state index contributed by atoms with van der Waals surface area (Å²) in [7, 11) is 1.56. The van der Waals surface area contributed by atoms with E-state index in [1.807, 2.05) is 6.07 Å². The van der Waals surface area contributed by atoms with Crippen LogP contribution in [0.15, 0.2) is 46.2 Å². The molecule has 0 fully saturated rings. The molecule has 0 heterocycles. The van der Waals surface area contributed by atoms with Crippen LogP contribution >= 0.6 is 11.8 Å². The summed E-state index contributed by atoms with van der Waals surface area (Å²) in [6, 6.07) is 12.5. The van der Waals surface area contributed by atoms with E-state index in [4.69, 9.17) is 15.1 Å². The van der Waals surface area contributed by atoms with Gasteiger partial charge in [0.1, 0.15) is 11.8 Å². The molecule has 1 N–H and O–H groups in total. The van der Waals surface area contributed by atoms with Gasteiger partial charge in [-0.25, -0.2) is 4.79 Å². The van der Waals surface area contributed by atoms with Gasteiger partial charge in [-0.15, -0.1) is 0 Å². The van der Waals surface area contributed by atoms with E-state index in [1.54, 1.807) is 44.4 Å². The number of carboxylic acid groups (broad SMARTS) is 1. The number of methoxy groups -OCH3 is 1. The van der Waals surface area contributed by atoms with E-state index in [0.29, 0.717) is 16.9 Å². The van der Waals surface area contributed by atoms with Gasteiger partial charge in [-0.3, -0.25) is 0 Å². The van der Waals surface area contributed by atoms with Gasteiger partial charge in [0.05, 0.1) is 18.2 Å². The van der Waals surface area contributed by atoms with Gasteiger partial charge in [0.25, 0.3) is 0 Å². The number of nitriles is 1. The van der Waals surface area contributed by atoms with Crippen LogP contribution < -0.4 is 4.74 Å². The lowest BCUT2D eigenvalue weighted by molar-refractivity contribution is 0.0696. The van der Waals surface area contributed by atoms with Gasteiger partial charge < -0.3 is 9.84 Å². The number of rotatable bonds is 4. The first-order valence-corrected chi connectivity index (χ1v) is 6.96. The third kappa shape index (κ3) is 3.36. The summed E-state index contributed by atoms with van der Waals surface area (Å²) in [6.45, 7) is 1.75. The first kappa shape index (κ1) is 14.9. The lowest BCUT2D eigenvalue weighted by Gasteiger charge is -2.08. The van der Waals surface area contributed by atoms with E-state index in [2.05, 4.69) is 6.07 Å². The number of aromatic carboxylic acids is 1. The Labute approximate surface area is 127 Å². The number of nitrogens with zero attached hydrogens (tertiary/aromatic N) is 1. The van der Waals surface area contributed by atoms with Crippen LogP contribution in [0.5, 0.6) is 5.75 Å². The summed E-state index contributed by atoms with van der Waals surface area (Å²) in [6.07, 6.45) is 0. The van der Waals surface area contributed by atoms with E-state index in [9.17, 15) is 4.79 Å². The Kier molecular flexibility index (Phi) is 4.51. The average Bonchev–Trinajstić information content (AvgIpc) is 2.48. The smallest absolute Gasteiger partial charge is 0.335 e. The fourth-order valence-electron chi connectivity index (χ4n) is 1.83. The quantitative estimate of drug-likeness (QED) is 0.931. The maximum atomic E-state index is 11.2. The SMILES string of the molecule is COc1ccc(C#N)c(Sc2ccc(C)c(C(=O)O)c2)c1. The summed E-state index contributed by atoms with van der Waals surface area (Å²) < 4.78 is 5.16. The second-order valence-corrected chi connectivity index (χ2v) is 5.47. The van der Waals surface area contributed by atoms with Gasteiger partial charge in [-0.1, -0.05) is 17.8 Å². The third-order valence-corrected chi connectivity index (χ3v) is 4.02. The van der Waals surface area contributed by atoms with E-state index in [1.165, 1.54) is 11.8 Å². The van der Waals surface area contributed by atoms with E-state index in [-0.39, 0.29) is 5.56 Å². The fraction of sp³-hybridized carbons (Fsp3) is 0.125. The van der Waals surface area contributed by atoms with Crippen LogP contribution in [0.2, 0.25) is 0 Å². The molecule has 0 bridgehead atoms. The fourth-order valence-corrected chi connectivity index (χ4v) is 2.79. The number of carboxylic acids is 1. The van der Waals surface area contributed by atoms with Crippen molar-refractivity contribution in [2.24, 2.45) is 0 Å². The normalized spacial score (nSPS) is 9.95. The topological polar surface area (TPSA) is 70.3 Å². The highest BCUT2D eigenvalue weighted by Gasteiger charge is 2.11. The Morgan fingerprint density at radius 3 is 2.67 bits per heavy atom. The Hall–Kier alpha value is -2.45. The Bertz CT molecular complexity index is 735. The summed E-state index contributed by atoms with van der Waals surface area (Å²) in [5, 5.41) is 18.3. The summed E-state index contributed by atoms with van der Waals surface area (Å²) >= 11 is 1.34. The molecular weight excluding hydrogens is 286 g/mol. The monoisotopic (exact) mass is 299 g/mol. The lowest BCUT2D eigenvalue weighted by Crippen LogP contribution is -1.99. The van der Waals surface area contributed by atoms with Crippen molar-refractivity contribution >= 4 is 17.7 Å². The molecule has 2 aromatic rings. The highest BCUT2D eigenvalue weighted by atomic mass is 32.2. The second kappa shape index (κ2) is 6.33. The molecular formula is C16H13NO3S. The van der Waals surface area contributed by atoms with Crippen LogP contribution in [0.25, 0.3) is 0 Å². The van der Waals surface area contributed by atoms with Crippen LogP contribution in [-0.4, -0.2) is 18.2 Å². The molecule has 0 spiro atoms. The molecule has 2 aromatic carbocycles. The van der Waals surface area contributed by atoms with Gasteiger partial charge in [0, 0.05) is 9.79 Å². The van der Waals surface area contributed by atoms with Crippen LogP contribution in [0.4, 0.5) is 0 Å². The molecule has 106 valence electrons. The summed E-state index contributed by atoms with van der Waals surface area (Å²) in [5.41, 5.74) is 1.50. The van der Waals surface area contributed by atoms with Gasteiger partial charge >= 0.3 is 5.97 Å². The molecule has 0 radical (unpaired) electrons. The first-order valence-electron chi connectivity index (χ1n) is 6.15. The zero-order chi connectivity index (χ0) is 15.4. The maximum Gasteiger partial charge on any atom is 0.335 e. The molecule has 0 atom stereocenters. The highest BCUT2D eigenvalue weighted by Crippen LogP contribution is 2.33. The van der Waals surface area contributed by atoms with Crippen molar-refractivity contribution in [3.63, 3.8) is 0 Å². The van der Waals surface area contributed by atoms with Crippen LogP contribution in [-0.2, 0) is 0 Å². The van der Waals surface area contributed by atoms with Crippen molar-refractivity contribution < 1.29 is 14.6 Å². The largest absolute Gasteiger partial charge is 0.497 e. The first-order chi connectivity index (χ1) is 10.0. The molecule has 0 saturated carbocycles. The second-order valence-electron chi connectivity index (χ2n) is 4.36. The Morgan fingerprint density at radius 1 is 1.29 bits per heavy atom. The minimum atomic E-state index is -0.957. The van der Waals surface area contributed by atoms with E-state index >= 15 is 0 Å². The summed E-state index contributed by atoms with van der Waals surface area (Å²) in [5.74, 6) is -0.303. The number of benzene rings is 2. The Balaban J connectivity index is 2.40. The molecule has 0 aliphatic carbocycles. The van der Waals surface area contributed by atoms with Gasteiger partial charge in [-0.05, 0) is 42.8 Å².